The Morgan fingerprint density at radius 2 is 2.33 bits per heavy atom. The molecule has 0 N–H and O–H groups in total. The van der Waals surface area contributed by atoms with E-state index in [1.54, 1.807) is 6.20 Å². The second-order valence-corrected chi connectivity index (χ2v) is 5.11. The van der Waals surface area contributed by atoms with Gasteiger partial charge in [0.05, 0.1) is 6.10 Å². The van der Waals surface area contributed by atoms with Gasteiger partial charge < -0.3 is 9.30 Å². The van der Waals surface area contributed by atoms with Crippen molar-refractivity contribution in [1.82, 2.24) is 9.55 Å². The highest BCUT2D eigenvalue weighted by Crippen LogP contribution is 2.33. The molecule has 0 bridgehead atoms. The van der Waals surface area contributed by atoms with E-state index in [0.717, 1.165) is 31.7 Å². The van der Waals surface area contributed by atoms with Gasteiger partial charge in [-0.2, -0.15) is 0 Å². The maximum Gasteiger partial charge on any atom is 0.133 e. The van der Waals surface area contributed by atoms with Gasteiger partial charge in [-0.05, 0) is 25.7 Å². The topological polar surface area (TPSA) is 44.1 Å². The fourth-order valence-corrected chi connectivity index (χ4v) is 2.53. The standard InChI is InChI=1S/C14H22N2O2/c1-3-18-13-9-11(10-13)8-12(17)4-5-14-15-6-7-16(14)2/h6-7,11,13H,3-5,8-10H2,1-2H3. The van der Waals surface area contributed by atoms with Gasteiger partial charge in [0.1, 0.15) is 11.6 Å². The van der Waals surface area contributed by atoms with E-state index in [-0.39, 0.29) is 0 Å². The van der Waals surface area contributed by atoms with Crippen LogP contribution in [0, 0.1) is 5.92 Å². The number of carbonyl (C=O) groups excluding carboxylic acids is 1. The van der Waals surface area contributed by atoms with Crippen molar-refractivity contribution in [2.45, 2.75) is 45.1 Å². The predicted octanol–water partition coefficient (Wildman–Crippen LogP) is 2.13. The van der Waals surface area contributed by atoms with Crippen LogP contribution in [0.1, 0.15) is 38.4 Å². The lowest BCUT2D eigenvalue weighted by Gasteiger charge is -2.34. The molecule has 0 spiro atoms. The van der Waals surface area contributed by atoms with Crippen molar-refractivity contribution in [3.05, 3.63) is 18.2 Å². The summed E-state index contributed by atoms with van der Waals surface area (Å²) in [6, 6.07) is 0. The summed E-state index contributed by atoms with van der Waals surface area (Å²) in [4.78, 5) is 16.1. The molecule has 0 aromatic carbocycles. The lowest BCUT2D eigenvalue weighted by atomic mass is 9.78. The van der Waals surface area contributed by atoms with Crippen LogP contribution < -0.4 is 0 Å². The fourth-order valence-electron chi connectivity index (χ4n) is 2.53. The number of aromatic nitrogens is 2. The first-order valence-corrected chi connectivity index (χ1v) is 6.78. The van der Waals surface area contributed by atoms with E-state index >= 15 is 0 Å². The number of hydrogen-bond donors (Lipinski definition) is 0. The monoisotopic (exact) mass is 250 g/mol. The number of Topliss-reactive ketones (excluding diaryl/α,β-unsaturated/α-hetero) is 1. The van der Waals surface area contributed by atoms with Crippen molar-refractivity contribution in [1.29, 1.82) is 0 Å². The summed E-state index contributed by atoms with van der Waals surface area (Å²) in [6.07, 6.45) is 8.29. The number of nitrogens with zero attached hydrogens (tertiary/aromatic N) is 2. The van der Waals surface area contributed by atoms with Crippen LogP contribution in [-0.4, -0.2) is 28.0 Å². The second kappa shape index (κ2) is 6.14. The highest BCUT2D eigenvalue weighted by Gasteiger charge is 2.30. The minimum Gasteiger partial charge on any atom is -0.378 e. The molecule has 0 unspecified atom stereocenters. The third-order valence-corrected chi connectivity index (χ3v) is 3.66. The molecule has 2 rings (SSSR count). The van der Waals surface area contributed by atoms with Gasteiger partial charge in [-0.25, -0.2) is 4.98 Å². The molecule has 1 aromatic heterocycles. The van der Waals surface area contributed by atoms with Crippen LogP contribution in [0.4, 0.5) is 0 Å². The fraction of sp³-hybridized carbons (Fsp3) is 0.714. The highest BCUT2D eigenvalue weighted by molar-refractivity contribution is 5.78. The molecular weight excluding hydrogens is 228 g/mol. The van der Waals surface area contributed by atoms with Crippen molar-refractivity contribution < 1.29 is 9.53 Å². The molecule has 4 nitrogen and oxygen atoms in total. The number of hydrogen-bond acceptors (Lipinski definition) is 3. The average molecular weight is 250 g/mol. The molecule has 0 aliphatic heterocycles. The summed E-state index contributed by atoms with van der Waals surface area (Å²) in [5.41, 5.74) is 0. The summed E-state index contributed by atoms with van der Waals surface area (Å²) in [5, 5.41) is 0. The molecule has 1 saturated carbocycles. The molecule has 1 aliphatic carbocycles. The van der Waals surface area contributed by atoms with Crippen molar-refractivity contribution in [3.8, 4) is 0 Å². The Labute approximate surface area is 108 Å². The first kappa shape index (κ1) is 13.3. The maximum atomic E-state index is 11.8. The second-order valence-electron chi connectivity index (χ2n) is 5.11. The first-order chi connectivity index (χ1) is 8.69. The van der Waals surface area contributed by atoms with Gasteiger partial charge >= 0.3 is 0 Å². The minimum absolute atomic E-state index is 0.359. The van der Waals surface area contributed by atoms with Gasteiger partial charge in [-0.1, -0.05) is 0 Å². The Morgan fingerprint density at radius 1 is 1.56 bits per heavy atom. The van der Waals surface area contributed by atoms with Gasteiger partial charge in [0.15, 0.2) is 0 Å². The van der Waals surface area contributed by atoms with Crippen LogP contribution in [0.5, 0.6) is 0 Å². The number of ether oxygens (including phenoxy) is 1. The third kappa shape index (κ3) is 3.42. The highest BCUT2D eigenvalue weighted by atomic mass is 16.5. The maximum absolute atomic E-state index is 11.8. The van der Waals surface area contributed by atoms with E-state index in [4.69, 9.17) is 4.74 Å². The molecule has 0 saturated heterocycles. The molecule has 4 heteroatoms. The lowest BCUT2D eigenvalue weighted by Crippen LogP contribution is -2.32. The van der Waals surface area contributed by atoms with Crippen LogP contribution in [0.15, 0.2) is 12.4 Å². The third-order valence-electron chi connectivity index (χ3n) is 3.66. The quantitative estimate of drug-likeness (QED) is 0.744. The average Bonchev–Trinajstić information content (AvgIpc) is 2.69. The summed E-state index contributed by atoms with van der Waals surface area (Å²) in [7, 11) is 1.96. The number of rotatable bonds is 7. The molecule has 18 heavy (non-hydrogen) atoms. The molecule has 1 fully saturated rings. The number of carbonyl (C=O) groups is 1. The lowest BCUT2D eigenvalue weighted by molar-refractivity contribution is -0.122. The predicted molar refractivity (Wildman–Crippen MR) is 69.3 cm³/mol. The SMILES string of the molecule is CCOC1CC(CC(=O)CCc2nccn2C)C1. The Morgan fingerprint density at radius 3 is 2.94 bits per heavy atom. The molecule has 1 aromatic rings. The molecule has 1 heterocycles. The van der Waals surface area contributed by atoms with E-state index in [0.29, 0.717) is 30.6 Å². The summed E-state index contributed by atoms with van der Waals surface area (Å²) >= 11 is 0. The van der Waals surface area contributed by atoms with Crippen LogP contribution in [-0.2, 0) is 23.0 Å². The van der Waals surface area contributed by atoms with Gasteiger partial charge in [0.25, 0.3) is 0 Å². The molecule has 100 valence electrons. The molecule has 0 amide bonds. The Balaban J connectivity index is 1.63. The zero-order chi connectivity index (χ0) is 13.0. The van der Waals surface area contributed by atoms with Crippen LogP contribution >= 0.6 is 0 Å². The Bertz CT molecular complexity index is 394. The van der Waals surface area contributed by atoms with Crippen molar-refractivity contribution in [2.75, 3.05) is 6.61 Å². The van der Waals surface area contributed by atoms with Gasteiger partial charge in [0, 0.05) is 45.3 Å². The molecular formula is C14H22N2O2. The summed E-state index contributed by atoms with van der Waals surface area (Å²) in [6.45, 7) is 2.80. The van der Waals surface area contributed by atoms with Crippen molar-refractivity contribution in [2.24, 2.45) is 13.0 Å². The molecule has 1 aliphatic rings. The zero-order valence-electron chi connectivity index (χ0n) is 11.3. The van der Waals surface area contributed by atoms with E-state index in [2.05, 4.69) is 4.98 Å². The van der Waals surface area contributed by atoms with Crippen LogP contribution in [0.2, 0.25) is 0 Å². The number of ketones is 1. The first-order valence-electron chi connectivity index (χ1n) is 6.78. The van der Waals surface area contributed by atoms with Gasteiger partial charge in [0.2, 0.25) is 0 Å². The van der Waals surface area contributed by atoms with E-state index in [9.17, 15) is 4.79 Å². The largest absolute Gasteiger partial charge is 0.378 e. The van der Waals surface area contributed by atoms with Crippen molar-refractivity contribution in [3.63, 3.8) is 0 Å². The van der Waals surface area contributed by atoms with E-state index in [1.807, 2.05) is 24.7 Å². The molecule has 0 radical (unpaired) electrons. The Hall–Kier alpha value is -1.16. The molecule has 0 atom stereocenters. The van der Waals surface area contributed by atoms with E-state index < -0.39 is 0 Å². The number of aryl methyl sites for hydroxylation is 2. The van der Waals surface area contributed by atoms with Gasteiger partial charge in [-0.3, -0.25) is 4.79 Å². The summed E-state index contributed by atoms with van der Waals surface area (Å²) < 4.78 is 7.47. The van der Waals surface area contributed by atoms with Crippen LogP contribution in [0.3, 0.4) is 0 Å². The Kier molecular flexibility index (Phi) is 4.53. The smallest absolute Gasteiger partial charge is 0.133 e. The minimum atomic E-state index is 0.359. The number of imidazole rings is 1. The zero-order valence-corrected chi connectivity index (χ0v) is 11.3. The van der Waals surface area contributed by atoms with Crippen LogP contribution in [0.25, 0.3) is 0 Å². The normalized spacial score (nSPS) is 22.8. The van der Waals surface area contributed by atoms with Gasteiger partial charge in [-0.15, -0.1) is 0 Å². The summed E-state index contributed by atoms with van der Waals surface area (Å²) in [5.74, 6) is 1.90. The van der Waals surface area contributed by atoms with Crippen molar-refractivity contribution >= 4 is 5.78 Å². The van der Waals surface area contributed by atoms with E-state index in [1.165, 1.54) is 0 Å².